The van der Waals surface area contributed by atoms with Crippen LogP contribution in [0.1, 0.15) is 22.3 Å². The lowest BCUT2D eigenvalue weighted by atomic mass is 10.1. The van der Waals surface area contributed by atoms with E-state index in [0.717, 1.165) is 6.20 Å². The summed E-state index contributed by atoms with van der Waals surface area (Å²) >= 11 is 0. The van der Waals surface area contributed by atoms with E-state index in [9.17, 15) is 18.0 Å². The van der Waals surface area contributed by atoms with E-state index in [1.165, 1.54) is 7.11 Å². The molecule has 2 N–H and O–H groups in total. The zero-order valence-electron chi connectivity index (χ0n) is 19.4. The van der Waals surface area contributed by atoms with Crippen LogP contribution in [0.5, 0.6) is 11.6 Å². The maximum atomic E-state index is 13.6. The first-order valence-electron chi connectivity index (χ1n) is 11.4. The molecule has 2 aromatic heterocycles. The van der Waals surface area contributed by atoms with E-state index >= 15 is 0 Å². The number of benzene rings is 1. The van der Waals surface area contributed by atoms with Crippen LogP contribution in [0.4, 0.5) is 24.8 Å². The number of rotatable bonds is 6. The normalized spacial score (nSPS) is 18.4. The van der Waals surface area contributed by atoms with Gasteiger partial charge >= 0.3 is 6.18 Å². The number of H-pyrrole nitrogens is 1. The van der Waals surface area contributed by atoms with Crippen LogP contribution in [-0.2, 0) is 15.7 Å². The molecule has 36 heavy (non-hydrogen) atoms. The van der Waals surface area contributed by atoms with Crippen LogP contribution in [0.15, 0.2) is 24.4 Å². The minimum Gasteiger partial charge on any atom is -0.495 e. The molecule has 2 fully saturated rings. The number of alkyl halides is 3. The second-order valence-corrected chi connectivity index (χ2v) is 8.32. The van der Waals surface area contributed by atoms with E-state index in [4.69, 9.17) is 18.9 Å². The van der Waals surface area contributed by atoms with Gasteiger partial charge in [0.1, 0.15) is 17.5 Å². The summed E-state index contributed by atoms with van der Waals surface area (Å²) in [7, 11) is 1.45. The van der Waals surface area contributed by atoms with E-state index in [0.29, 0.717) is 56.3 Å². The number of halogens is 3. The quantitative estimate of drug-likeness (QED) is 0.523. The van der Waals surface area contributed by atoms with E-state index in [-0.39, 0.29) is 35.4 Å². The molecule has 1 amide bonds. The first kappa shape index (κ1) is 24.1. The number of carbonyl (C=O) groups excluding carboxylic acids is 1. The number of nitrogens with one attached hydrogen (secondary N) is 2. The average molecular weight is 507 g/mol. The molecule has 1 unspecified atom stereocenters. The second-order valence-electron chi connectivity index (χ2n) is 8.32. The molecule has 2 saturated heterocycles. The first-order chi connectivity index (χ1) is 17.3. The van der Waals surface area contributed by atoms with E-state index < -0.39 is 17.8 Å². The fourth-order valence-corrected chi connectivity index (χ4v) is 4.13. The van der Waals surface area contributed by atoms with Crippen molar-refractivity contribution < 1.29 is 36.9 Å². The standard InChI is InChI=1S/C23H24F3N5O5/c1-33-17-10-13(21(32)31-5-8-34-9-6-31)2-3-16(17)28-22-29-19-18(15(11-27-19)23(24,25)26)20(30-22)36-14-4-7-35-12-14/h2-3,10-11,14H,4-9,12H2,1H3,(H2,27,28,29,30). The molecule has 1 aromatic carbocycles. The van der Waals surface area contributed by atoms with Crippen molar-refractivity contribution in [2.75, 3.05) is 51.9 Å². The van der Waals surface area contributed by atoms with Gasteiger partial charge in [0.15, 0.2) is 0 Å². The van der Waals surface area contributed by atoms with Crippen LogP contribution in [0, 0.1) is 0 Å². The summed E-state index contributed by atoms with van der Waals surface area (Å²) in [5.74, 6) is -0.0181. The van der Waals surface area contributed by atoms with Gasteiger partial charge in [0.25, 0.3) is 5.91 Å². The highest BCUT2D eigenvalue weighted by molar-refractivity contribution is 5.95. The molecule has 5 rings (SSSR count). The molecule has 13 heteroatoms. The van der Waals surface area contributed by atoms with Gasteiger partial charge in [-0.3, -0.25) is 4.79 Å². The summed E-state index contributed by atoms with van der Waals surface area (Å²) in [5, 5.41) is 2.72. The summed E-state index contributed by atoms with van der Waals surface area (Å²) in [6, 6.07) is 4.84. The van der Waals surface area contributed by atoms with Crippen LogP contribution in [0.2, 0.25) is 0 Å². The number of hydrogen-bond donors (Lipinski definition) is 2. The summed E-state index contributed by atoms with van der Waals surface area (Å²) < 4.78 is 62.6. The number of hydrogen-bond acceptors (Lipinski definition) is 8. The fourth-order valence-electron chi connectivity index (χ4n) is 4.13. The van der Waals surface area contributed by atoms with Crippen molar-refractivity contribution in [1.29, 1.82) is 0 Å². The molecular weight excluding hydrogens is 483 g/mol. The zero-order chi connectivity index (χ0) is 25.3. The number of anilines is 2. The summed E-state index contributed by atoms with van der Waals surface area (Å²) in [4.78, 5) is 25.5. The van der Waals surface area contributed by atoms with Gasteiger partial charge in [0.05, 0.1) is 50.2 Å². The molecule has 1 atom stereocenters. The first-order valence-corrected chi connectivity index (χ1v) is 11.4. The van der Waals surface area contributed by atoms with Gasteiger partial charge in [-0.15, -0.1) is 0 Å². The van der Waals surface area contributed by atoms with Gasteiger partial charge in [-0.1, -0.05) is 0 Å². The third kappa shape index (κ3) is 4.88. The number of morpholine rings is 1. The van der Waals surface area contributed by atoms with Crippen LogP contribution in [0.3, 0.4) is 0 Å². The number of methoxy groups -OCH3 is 1. The highest BCUT2D eigenvalue weighted by atomic mass is 19.4. The maximum absolute atomic E-state index is 13.6. The van der Waals surface area contributed by atoms with Gasteiger partial charge < -0.3 is 34.1 Å². The van der Waals surface area contributed by atoms with Crippen molar-refractivity contribution in [3.8, 4) is 11.6 Å². The Kier molecular flexibility index (Phi) is 6.58. The Balaban J connectivity index is 1.46. The summed E-state index contributed by atoms with van der Waals surface area (Å²) in [6.45, 7) is 2.67. The zero-order valence-corrected chi connectivity index (χ0v) is 19.4. The Bertz CT molecular complexity index is 1250. The van der Waals surface area contributed by atoms with E-state index in [1.807, 2.05) is 0 Å². The molecule has 0 bridgehead atoms. The lowest BCUT2D eigenvalue weighted by molar-refractivity contribution is -0.136. The number of nitrogens with zero attached hydrogens (tertiary/aromatic N) is 3. The number of fused-ring (bicyclic) bond motifs is 1. The highest BCUT2D eigenvalue weighted by Gasteiger charge is 2.36. The van der Waals surface area contributed by atoms with Gasteiger partial charge in [-0.25, -0.2) is 0 Å². The summed E-state index contributed by atoms with van der Waals surface area (Å²) in [6.07, 6.45) is -3.67. The minimum atomic E-state index is -4.62. The molecule has 4 heterocycles. The Morgan fingerprint density at radius 3 is 2.69 bits per heavy atom. The van der Waals surface area contributed by atoms with Crippen molar-refractivity contribution in [3.05, 3.63) is 35.5 Å². The van der Waals surface area contributed by atoms with Crippen LogP contribution in [0.25, 0.3) is 11.0 Å². The molecule has 0 radical (unpaired) electrons. The van der Waals surface area contributed by atoms with Gasteiger partial charge in [-0.05, 0) is 18.2 Å². The van der Waals surface area contributed by atoms with Crippen molar-refractivity contribution in [2.45, 2.75) is 18.7 Å². The molecule has 2 aliphatic rings. The third-order valence-electron chi connectivity index (χ3n) is 5.96. The van der Waals surface area contributed by atoms with E-state index in [1.54, 1.807) is 23.1 Å². The van der Waals surface area contributed by atoms with Crippen LogP contribution in [-0.4, -0.2) is 78.5 Å². The third-order valence-corrected chi connectivity index (χ3v) is 5.96. The van der Waals surface area contributed by atoms with Gasteiger partial charge in [-0.2, -0.15) is 23.1 Å². The average Bonchev–Trinajstić information content (AvgIpc) is 3.54. The van der Waals surface area contributed by atoms with Gasteiger partial charge in [0.2, 0.25) is 11.8 Å². The molecule has 0 aliphatic carbocycles. The Morgan fingerprint density at radius 2 is 2.00 bits per heavy atom. The predicted octanol–water partition coefficient (Wildman–Crippen LogP) is 3.37. The Morgan fingerprint density at radius 1 is 1.19 bits per heavy atom. The van der Waals surface area contributed by atoms with Crippen molar-refractivity contribution in [1.82, 2.24) is 19.9 Å². The smallest absolute Gasteiger partial charge is 0.418 e. The molecule has 0 spiro atoms. The SMILES string of the molecule is COc1cc(C(=O)N2CCOCC2)ccc1Nc1nc(OC2CCOC2)c2c(C(F)(F)F)c[nH]c2n1. The maximum Gasteiger partial charge on any atom is 0.418 e. The fraction of sp³-hybridized carbons (Fsp3) is 0.435. The topological polar surface area (TPSA) is 111 Å². The lowest BCUT2D eigenvalue weighted by Gasteiger charge is -2.27. The summed E-state index contributed by atoms with van der Waals surface area (Å²) in [5.41, 5.74) is -0.0958. The molecule has 10 nitrogen and oxygen atoms in total. The highest BCUT2D eigenvalue weighted by Crippen LogP contribution is 2.39. The molecular formula is C23H24F3N5O5. The van der Waals surface area contributed by atoms with Crippen LogP contribution < -0.4 is 14.8 Å². The van der Waals surface area contributed by atoms with Crippen molar-refractivity contribution >= 4 is 28.6 Å². The monoisotopic (exact) mass is 507 g/mol. The number of aromatic nitrogens is 3. The molecule has 0 saturated carbocycles. The lowest BCUT2D eigenvalue weighted by Crippen LogP contribution is -2.40. The second kappa shape index (κ2) is 9.82. The number of amides is 1. The largest absolute Gasteiger partial charge is 0.495 e. The Labute approximate surface area is 203 Å². The molecule has 3 aromatic rings. The number of ether oxygens (including phenoxy) is 4. The molecule has 192 valence electrons. The molecule has 2 aliphatic heterocycles. The predicted molar refractivity (Wildman–Crippen MR) is 122 cm³/mol. The van der Waals surface area contributed by atoms with Crippen molar-refractivity contribution in [3.63, 3.8) is 0 Å². The minimum absolute atomic E-state index is 0.00227. The van der Waals surface area contributed by atoms with Crippen LogP contribution >= 0.6 is 0 Å². The van der Waals surface area contributed by atoms with Crippen molar-refractivity contribution in [2.24, 2.45) is 0 Å². The number of carbonyl (C=O) groups is 1. The number of aromatic amines is 1. The van der Waals surface area contributed by atoms with Gasteiger partial charge in [0, 0.05) is 31.3 Å². The van der Waals surface area contributed by atoms with E-state index in [2.05, 4.69) is 20.3 Å². The Hall–Kier alpha value is -3.58.